The lowest BCUT2D eigenvalue weighted by Gasteiger charge is -2.41. The predicted molar refractivity (Wildman–Crippen MR) is 38.0 cm³/mol. The van der Waals surface area contributed by atoms with Crippen molar-refractivity contribution in [3.63, 3.8) is 0 Å². The van der Waals surface area contributed by atoms with E-state index in [1.807, 2.05) is 0 Å². The summed E-state index contributed by atoms with van der Waals surface area (Å²) in [6, 6.07) is 0. The summed E-state index contributed by atoms with van der Waals surface area (Å²) in [5, 5.41) is 36.1. The van der Waals surface area contributed by atoms with Crippen LogP contribution in [0, 0.1) is 0 Å². The lowest BCUT2D eigenvalue weighted by Crippen LogP contribution is -2.67. The highest BCUT2D eigenvalue weighted by Gasteiger charge is 2.46. The van der Waals surface area contributed by atoms with Gasteiger partial charge in [-0.05, 0) is 0 Å². The molecule has 1 heterocycles. The molecule has 1 aliphatic rings. The van der Waals surface area contributed by atoms with Crippen LogP contribution in [-0.2, 0) is 4.74 Å². The normalized spacial score (nSPS) is 49.2. The molecule has 1 fully saturated rings. The van der Waals surface area contributed by atoms with Gasteiger partial charge in [-0.1, -0.05) is 0 Å². The summed E-state index contributed by atoms with van der Waals surface area (Å²) in [4.78, 5) is 0. The third kappa shape index (κ3) is 1.45. The molecule has 0 saturated carbocycles. The fourth-order valence-corrected chi connectivity index (χ4v) is 1.06. The summed E-state index contributed by atoms with van der Waals surface area (Å²) < 4.78 is 4.78. The summed E-state index contributed by atoms with van der Waals surface area (Å²) >= 11 is 0. The van der Waals surface area contributed by atoms with E-state index in [4.69, 9.17) is 25.8 Å². The molecule has 0 spiro atoms. The van der Waals surface area contributed by atoms with Gasteiger partial charge in [-0.3, -0.25) is 5.73 Å². The van der Waals surface area contributed by atoms with Gasteiger partial charge < -0.3 is 25.2 Å². The molecule has 0 aromatic heterocycles. The summed E-state index contributed by atoms with van der Waals surface area (Å²) in [5.74, 6) is 0. The van der Waals surface area contributed by atoms with Crippen molar-refractivity contribution in [2.24, 2.45) is 5.73 Å². The molecule has 6 nitrogen and oxygen atoms in total. The summed E-state index contributed by atoms with van der Waals surface area (Å²) in [6.45, 7) is -0.812. The first-order chi connectivity index (χ1) is 5.51. The molecular formula is C6H13NO5. The maximum Gasteiger partial charge on any atom is 0.168 e. The molecule has 12 heavy (non-hydrogen) atoms. The Balaban J connectivity index is 2.71. The van der Waals surface area contributed by atoms with Crippen LogP contribution in [0.3, 0.4) is 0 Å². The lowest BCUT2D eigenvalue weighted by molar-refractivity contribution is -0.244. The zero-order valence-electron chi connectivity index (χ0n) is 6.42. The maximum atomic E-state index is 9.25. The molecular weight excluding hydrogens is 166 g/mol. The van der Waals surface area contributed by atoms with Crippen molar-refractivity contribution >= 4 is 0 Å². The van der Waals surface area contributed by atoms with Gasteiger partial charge in [-0.25, -0.2) is 0 Å². The van der Waals surface area contributed by atoms with Crippen LogP contribution < -0.4 is 5.73 Å². The first-order valence-electron chi connectivity index (χ1n) is 3.59. The molecule has 0 amide bonds. The summed E-state index contributed by atoms with van der Waals surface area (Å²) in [6.07, 6.45) is -4.02. The highest BCUT2D eigenvalue weighted by atomic mass is 16.6. The summed E-state index contributed by atoms with van der Waals surface area (Å²) in [5.41, 5.74) is 3.69. The minimum absolute atomic E-state index is 0.199. The fraction of sp³-hybridized carbons (Fsp3) is 1.00. The number of aliphatic hydroxyl groups excluding tert-OH is 4. The number of aliphatic hydroxyl groups is 4. The van der Waals surface area contributed by atoms with Crippen LogP contribution in [-0.4, -0.2) is 57.7 Å². The molecule has 0 bridgehead atoms. The van der Waals surface area contributed by atoms with Crippen molar-refractivity contribution in [3.8, 4) is 0 Å². The van der Waals surface area contributed by atoms with Crippen molar-refractivity contribution in [2.45, 2.75) is 24.0 Å². The van der Waals surface area contributed by atoms with Gasteiger partial charge in [-0.2, -0.15) is 0 Å². The van der Waals surface area contributed by atoms with Gasteiger partial charge in [0.25, 0.3) is 0 Å². The zero-order valence-corrected chi connectivity index (χ0v) is 6.42. The number of hydrogen-bond donors (Lipinski definition) is 5. The van der Waals surface area contributed by atoms with Gasteiger partial charge in [0, 0.05) is 0 Å². The van der Waals surface area contributed by atoms with Gasteiger partial charge in [-0.15, -0.1) is 0 Å². The second-order valence-electron chi connectivity index (χ2n) is 2.93. The summed E-state index contributed by atoms with van der Waals surface area (Å²) in [7, 11) is 0. The topological polar surface area (TPSA) is 116 Å². The van der Waals surface area contributed by atoms with Crippen molar-refractivity contribution in [2.75, 3.05) is 13.2 Å². The largest absolute Gasteiger partial charge is 0.392 e. The minimum Gasteiger partial charge on any atom is -0.392 e. The van der Waals surface area contributed by atoms with E-state index in [0.717, 1.165) is 0 Å². The Morgan fingerprint density at radius 2 is 2.00 bits per heavy atom. The van der Waals surface area contributed by atoms with E-state index >= 15 is 0 Å². The second kappa shape index (κ2) is 3.25. The molecule has 0 aromatic rings. The van der Waals surface area contributed by atoms with Crippen LogP contribution in [0.1, 0.15) is 0 Å². The van der Waals surface area contributed by atoms with Crippen molar-refractivity contribution in [3.05, 3.63) is 0 Å². The maximum absolute atomic E-state index is 9.25. The molecule has 1 aliphatic heterocycles. The fourth-order valence-electron chi connectivity index (χ4n) is 1.06. The standard InChI is InChI=1S/C6H13NO5/c7-6(2-8)5(11)4(10)3(9)1-12-6/h3-5,8-11H,1-2,7H2/t3-,4-,5-,6?/m1/s1. The molecule has 0 aromatic carbocycles. The van der Waals surface area contributed by atoms with Gasteiger partial charge in [0.1, 0.15) is 18.3 Å². The molecule has 0 radical (unpaired) electrons. The van der Waals surface area contributed by atoms with E-state index in [2.05, 4.69) is 0 Å². The molecule has 72 valence electrons. The van der Waals surface area contributed by atoms with Crippen LogP contribution in [0.5, 0.6) is 0 Å². The Hall–Kier alpha value is -0.240. The third-order valence-corrected chi connectivity index (χ3v) is 1.99. The average molecular weight is 179 g/mol. The Labute approximate surface area is 69.2 Å². The Kier molecular flexibility index (Phi) is 2.67. The lowest BCUT2D eigenvalue weighted by atomic mass is 9.96. The van der Waals surface area contributed by atoms with Crippen LogP contribution in [0.15, 0.2) is 0 Å². The number of hydrogen-bond acceptors (Lipinski definition) is 6. The number of nitrogens with two attached hydrogens (primary N) is 1. The Morgan fingerprint density at radius 3 is 2.50 bits per heavy atom. The van der Waals surface area contributed by atoms with Crippen LogP contribution in [0.2, 0.25) is 0 Å². The molecule has 1 saturated heterocycles. The first kappa shape index (κ1) is 9.85. The third-order valence-electron chi connectivity index (χ3n) is 1.99. The van der Waals surface area contributed by atoms with Gasteiger partial charge >= 0.3 is 0 Å². The molecule has 6 N–H and O–H groups in total. The van der Waals surface area contributed by atoms with E-state index in [0.29, 0.717) is 0 Å². The minimum atomic E-state index is -1.67. The molecule has 1 rings (SSSR count). The van der Waals surface area contributed by atoms with E-state index in [9.17, 15) is 5.11 Å². The predicted octanol–water partition coefficient (Wildman–Crippen LogP) is -3.25. The molecule has 0 aliphatic carbocycles. The Morgan fingerprint density at radius 1 is 1.42 bits per heavy atom. The molecule has 6 heteroatoms. The van der Waals surface area contributed by atoms with Crippen LogP contribution in [0.25, 0.3) is 0 Å². The highest BCUT2D eigenvalue weighted by molar-refractivity contribution is 4.94. The smallest absolute Gasteiger partial charge is 0.168 e. The number of ether oxygens (including phenoxy) is 1. The monoisotopic (exact) mass is 179 g/mol. The van der Waals surface area contributed by atoms with E-state index in [1.165, 1.54) is 0 Å². The number of rotatable bonds is 1. The van der Waals surface area contributed by atoms with Gasteiger partial charge in [0.2, 0.25) is 0 Å². The van der Waals surface area contributed by atoms with Gasteiger partial charge in [0.05, 0.1) is 13.2 Å². The van der Waals surface area contributed by atoms with E-state index < -0.39 is 30.6 Å². The molecule has 4 atom stereocenters. The van der Waals surface area contributed by atoms with E-state index in [1.54, 1.807) is 0 Å². The van der Waals surface area contributed by atoms with Crippen LogP contribution in [0.4, 0.5) is 0 Å². The van der Waals surface area contributed by atoms with E-state index in [-0.39, 0.29) is 6.61 Å². The Bertz CT molecular complexity index is 166. The van der Waals surface area contributed by atoms with Crippen molar-refractivity contribution in [1.29, 1.82) is 0 Å². The highest BCUT2D eigenvalue weighted by Crippen LogP contribution is 2.20. The van der Waals surface area contributed by atoms with Crippen molar-refractivity contribution < 1.29 is 25.2 Å². The van der Waals surface area contributed by atoms with Crippen LogP contribution >= 0.6 is 0 Å². The molecule has 1 unspecified atom stereocenters. The first-order valence-corrected chi connectivity index (χ1v) is 3.59. The quantitative estimate of drug-likeness (QED) is 0.288. The average Bonchev–Trinajstić information content (AvgIpc) is 2.09. The SMILES string of the molecule is NC1(CO)OC[C@@H](O)[C@@H](O)[C@H]1O. The zero-order chi connectivity index (χ0) is 9.35. The van der Waals surface area contributed by atoms with Gasteiger partial charge in [0.15, 0.2) is 5.72 Å². The van der Waals surface area contributed by atoms with Crippen molar-refractivity contribution in [1.82, 2.24) is 0 Å². The second-order valence-corrected chi connectivity index (χ2v) is 2.93.